The zero-order valence-electron chi connectivity index (χ0n) is 12.5. The number of para-hydroxylation sites is 2. The van der Waals surface area contributed by atoms with E-state index in [1.807, 2.05) is 24.3 Å². The lowest BCUT2D eigenvalue weighted by Gasteiger charge is -2.28. The van der Waals surface area contributed by atoms with Crippen LogP contribution in [0.2, 0.25) is 0 Å². The summed E-state index contributed by atoms with van der Waals surface area (Å²) in [5.74, 6) is 1.57. The van der Waals surface area contributed by atoms with Crippen molar-refractivity contribution in [2.75, 3.05) is 12.4 Å². The Labute approximate surface area is 121 Å². The molecule has 3 nitrogen and oxygen atoms in total. The van der Waals surface area contributed by atoms with Gasteiger partial charge < -0.3 is 10.1 Å². The van der Waals surface area contributed by atoms with Crippen molar-refractivity contribution in [1.29, 1.82) is 5.26 Å². The lowest BCUT2D eigenvalue weighted by molar-refractivity contribution is 0.412. The Balaban J connectivity index is 2.17. The smallest absolute Gasteiger partial charge is 0.141 e. The van der Waals surface area contributed by atoms with Crippen molar-refractivity contribution < 1.29 is 4.74 Å². The maximum absolute atomic E-state index is 9.70. The van der Waals surface area contributed by atoms with Gasteiger partial charge >= 0.3 is 0 Å². The molecule has 1 fully saturated rings. The van der Waals surface area contributed by atoms with Crippen molar-refractivity contribution in [2.45, 2.75) is 51.0 Å². The molecular weight excluding hydrogens is 248 g/mol. The Morgan fingerprint density at radius 2 is 2.15 bits per heavy atom. The van der Waals surface area contributed by atoms with Crippen LogP contribution < -0.4 is 10.1 Å². The molecule has 2 atom stereocenters. The highest BCUT2D eigenvalue weighted by Crippen LogP contribution is 2.36. The van der Waals surface area contributed by atoms with Crippen LogP contribution in [0.5, 0.6) is 5.75 Å². The van der Waals surface area contributed by atoms with Crippen LogP contribution >= 0.6 is 0 Å². The third kappa shape index (κ3) is 3.25. The van der Waals surface area contributed by atoms with E-state index in [0.29, 0.717) is 0 Å². The van der Waals surface area contributed by atoms with E-state index in [1.165, 1.54) is 12.8 Å². The highest BCUT2D eigenvalue weighted by atomic mass is 16.5. The van der Waals surface area contributed by atoms with Crippen LogP contribution in [0.25, 0.3) is 0 Å². The first-order valence-electron chi connectivity index (χ1n) is 7.55. The fourth-order valence-electron chi connectivity index (χ4n) is 3.09. The molecular formula is C17H24N2O. The molecule has 0 spiro atoms. The van der Waals surface area contributed by atoms with E-state index in [1.54, 1.807) is 7.11 Å². The summed E-state index contributed by atoms with van der Waals surface area (Å²) >= 11 is 0. The van der Waals surface area contributed by atoms with Crippen molar-refractivity contribution in [3.8, 4) is 11.8 Å². The minimum absolute atomic E-state index is 0.446. The molecule has 1 saturated carbocycles. The van der Waals surface area contributed by atoms with Crippen molar-refractivity contribution in [3.63, 3.8) is 0 Å². The summed E-state index contributed by atoms with van der Waals surface area (Å²) in [5.41, 5.74) is 0.477. The Kier molecular flexibility index (Phi) is 4.89. The van der Waals surface area contributed by atoms with Gasteiger partial charge in [-0.25, -0.2) is 0 Å². The molecule has 1 aromatic carbocycles. The fourth-order valence-corrected chi connectivity index (χ4v) is 3.09. The second-order valence-electron chi connectivity index (χ2n) is 5.72. The molecule has 0 bridgehead atoms. The van der Waals surface area contributed by atoms with Gasteiger partial charge in [0.2, 0.25) is 0 Å². The molecule has 1 aliphatic carbocycles. The summed E-state index contributed by atoms with van der Waals surface area (Å²) in [4.78, 5) is 0. The van der Waals surface area contributed by atoms with Crippen molar-refractivity contribution in [1.82, 2.24) is 0 Å². The number of nitriles is 1. The first-order valence-corrected chi connectivity index (χ1v) is 7.55. The second kappa shape index (κ2) is 6.65. The molecule has 2 rings (SSSR count). The van der Waals surface area contributed by atoms with Crippen LogP contribution in [-0.2, 0) is 0 Å². The molecule has 0 amide bonds. The Hall–Kier alpha value is -1.69. The van der Waals surface area contributed by atoms with Crippen molar-refractivity contribution >= 4 is 5.69 Å². The van der Waals surface area contributed by atoms with E-state index in [9.17, 15) is 5.26 Å². The molecule has 0 radical (unpaired) electrons. The summed E-state index contributed by atoms with van der Waals surface area (Å²) < 4.78 is 5.38. The number of nitrogens with one attached hydrogen (secondary N) is 1. The Morgan fingerprint density at radius 3 is 2.85 bits per heavy atom. The molecule has 20 heavy (non-hydrogen) atoms. The van der Waals surface area contributed by atoms with Crippen LogP contribution in [-0.4, -0.2) is 12.6 Å². The van der Waals surface area contributed by atoms with Gasteiger partial charge in [-0.2, -0.15) is 5.26 Å². The van der Waals surface area contributed by atoms with Gasteiger partial charge in [0.1, 0.15) is 11.3 Å². The Bertz CT molecular complexity index is 480. The van der Waals surface area contributed by atoms with Gasteiger partial charge in [-0.05, 0) is 43.7 Å². The number of rotatable bonds is 4. The van der Waals surface area contributed by atoms with Gasteiger partial charge in [-0.15, -0.1) is 0 Å². The molecule has 1 aromatic rings. The molecule has 2 unspecified atom stereocenters. The average Bonchev–Trinajstić information content (AvgIpc) is 2.70. The van der Waals surface area contributed by atoms with E-state index in [-0.39, 0.29) is 0 Å². The number of benzene rings is 1. The molecule has 1 aliphatic rings. The van der Waals surface area contributed by atoms with E-state index in [2.05, 4.69) is 18.3 Å². The number of hydrogen-bond donors (Lipinski definition) is 1. The standard InChI is InChI=1S/C17H24N2O/c1-3-14-7-6-11-17(13-18,12-10-14)19-15-8-4-5-9-16(15)20-2/h4-5,8-9,14,19H,3,6-7,10-12H2,1-2H3. The predicted molar refractivity (Wildman–Crippen MR) is 81.8 cm³/mol. The monoisotopic (exact) mass is 272 g/mol. The van der Waals surface area contributed by atoms with E-state index < -0.39 is 5.54 Å². The molecule has 0 saturated heterocycles. The first kappa shape index (κ1) is 14.7. The summed E-state index contributed by atoms with van der Waals surface area (Å²) in [5, 5.41) is 13.2. The molecule has 1 N–H and O–H groups in total. The fraction of sp³-hybridized carbons (Fsp3) is 0.588. The number of nitrogens with zero attached hydrogens (tertiary/aromatic N) is 1. The van der Waals surface area contributed by atoms with Crippen LogP contribution in [0, 0.1) is 17.2 Å². The normalized spacial score (nSPS) is 26.4. The molecule has 108 valence electrons. The third-order valence-corrected chi connectivity index (χ3v) is 4.47. The van der Waals surface area contributed by atoms with Crippen LogP contribution in [0.3, 0.4) is 0 Å². The second-order valence-corrected chi connectivity index (χ2v) is 5.72. The molecule has 0 aromatic heterocycles. The van der Waals surface area contributed by atoms with Gasteiger partial charge in [0.25, 0.3) is 0 Å². The highest BCUT2D eigenvalue weighted by Gasteiger charge is 2.33. The van der Waals surface area contributed by atoms with Gasteiger partial charge in [-0.3, -0.25) is 0 Å². The van der Waals surface area contributed by atoms with Crippen LogP contribution in [0.4, 0.5) is 5.69 Å². The van der Waals surface area contributed by atoms with Crippen molar-refractivity contribution in [3.05, 3.63) is 24.3 Å². The number of anilines is 1. The quantitative estimate of drug-likeness (QED) is 0.828. The minimum atomic E-state index is -0.446. The topological polar surface area (TPSA) is 45.0 Å². The van der Waals surface area contributed by atoms with Gasteiger partial charge in [0, 0.05) is 0 Å². The predicted octanol–water partition coefficient (Wildman–Crippen LogP) is 4.36. The van der Waals surface area contributed by atoms with Gasteiger partial charge in [-0.1, -0.05) is 31.9 Å². The van der Waals surface area contributed by atoms with Crippen molar-refractivity contribution in [2.24, 2.45) is 5.92 Å². The molecule has 0 heterocycles. The highest BCUT2D eigenvalue weighted by molar-refractivity contribution is 5.58. The van der Waals surface area contributed by atoms with Gasteiger partial charge in [0.15, 0.2) is 0 Å². The van der Waals surface area contributed by atoms with E-state index >= 15 is 0 Å². The van der Waals surface area contributed by atoms with Gasteiger partial charge in [0.05, 0.1) is 18.9 Å². The summed E-state index contributed by atoms with van der Waals surface area (Å²) in [6.45, 7) is 2.25. The number of hydrogen-bond acceptors (Lipinski definition) is 3. The summed E-state index contributed by atoms with van der Waals surface area (Å²) in [6.07, 6.45) is 6.54. The average molecular weight is 272 g/mol. The Morgan fingerprint density at radius 1 is 1.35 bits per heavy atom. The summed E-state index contributed by atoms with van der Waals surface area (Å²) in [7, 11) is 1.67. The molecule has 3 heteroatoms. The largest absolute Gasteiger partial charge is 0.495 e. The first-order chi connectivity index (χ1) is 9.73. The van der Waals surface area contributed by atoms with Crippen LogP contribution in [0.1, 0.15) is 45.4 Å². The lowest BCUT2D eigenvalue weighted by Crippen LogP contribution is -2.36. The summed E-state index contributed by atoms with van der Waals surface area (Å²) in [6, 6.07) is 10.4. The van der Waals surface area contributed by atoms with E-state index in [0.717, 1.165) is 43.0 Å². The maximum Gasteiger partial charge on any atom is 0.141 e. The van der Waals surface area contributed by atoms with Crippen LogP contribution in [0.15, 0.2) is 24.3 Å². The molecule has 0 aliphatic heterocycles. The number of ether oxygens (including phenoxy) is 1. The zero-order chi connectivity index (χ0) is 14.4. The third-order valence-electron chi connectivity index (χ3n) is 4.47. The van der Waals surface area contributed by atoms with E-state index in [4.69, 9.17) is 4.74 Å². The zero-order valence-corrected chi connectivity index (χ0v) is 12.5. The number of methoxy groups -OCH3 is 1. The minimum Gasteiger partial charge on any atom is -0.495 e. The SMILES string of the molecule is CCC1CCCC(C#N)(Nc2ccccc2OC)CC1. The lowest BCUT2D eigenvalue weighted by atomic mass is 9.90. The maximum atomic E-state index is 9.70.